The molecule has 0 aliphatic carbocycles. The van der Waals surface area contributed by atoms with Gasteiger partial charge in [-0.1, -0.05) is 24.3 Å². The maximum Gasteiger partial charge on any atom is 0.337 e. The van der Waals surface area contributed by atoms with E-state index in [4.69, 9.17) is 19.3 Å². The summed E-state index contributed by atoms with van der Waals surface area (Å²) in [5.74, 6) is 0.756. The Hall–Kier alpha value is -2.21. The van der Waals surface area contributed by atoms with E-state index in [-0.39, 0.29) is 12.6 Å². The molecule has 0 radical (unpaired) electrons. The first-order valence-corrected chi connectivity index (χ1v) is 10.6. The Bertz CT molecular complexity index is 849. The van der Waals surface area contributed by atoms with Crippen molar-refractivity contribution in [2.45, 2.75) is 45.1 Å². The molecule has 2 unspecified atom stereocenters. The van der Waals surface area contributed by atoms with Crippen LogP contribution in [-0.4, -0.2) is 44.6 Å². The summed E-state index contributed by atoms with van der Waals surface area (Å²) in [5.41, 5.74) is 6.67. The predicted molar refractivity (Wildman–Crippen MR) is 116 cm³/mol. The van der Waals surface area contributed by atoms with E-state index in [1.165, 1.54) is 23.8 Å². The molecule has 2 aliphatic heterocycles. The number of hydrogen-bond donors (Lipinski definition) is 1. The summed E-state index contributed by atoms with van der Waals surface area (Å²) < 4.78 is 15.4. The van der Waals surface area contributed by atoms with Gasteiger partial charge in [-0.15, -0.1) is 0 Å². The Kier molecular flexibility index (Phi) is 8.02. The smallest absolute Gasteiger partial charge is 0.337 e. The van der Waals surface area contributed by atoms with Crippen molar-refractivity contribution in [3.05, 3.63) is 69.8 Å². The number of hydrogen-bond acceptors (Lipinski definition) is 5. The summed E-state index contributed by atoms with van der Waals surface area (Å²) in [4.78, 5) is 11.4. The average Bonchev–Trinajstić information content (AvgIpc) is 3.48. The topological polar surface area (TPSA) is 65.0 Å². The number of aliphatic hydroxyl groups excluding tert-OH is 1. The molecule has 2 saturated heterocycles. The molecule has 5 nitrogen and oxygen atoms in total. The summed E-state index contributed by atoms with van der Waals surface area (Å²) in [5, 5.41) is 8.99. The average molecular weight is 413 g/mol. The van der Waals surface area contributed by atoms with Gasteiger partial charge in [0.25, 0.3) is 0 Å². The van der Waals surface area contributed by atoms with Gasteiger partial charge >= 0.3 is 5.97 Å². The van der Waals surface area contributed by atoms with Crippen molar-refractivity contribution in [1.82, 2.24) is 0 Å². The number of rotatable bonds is 4. The highest BCUT2D eigenvalue weighted by atomic mass is 16.5. The number of carbonyl (C=O) groups excluding carboxylic acids is 1. The van der Waals surface area contributed by atoms with Crippen molar-refractivity contribution in [3.8, 4) is 0 Å². The van der Waals surface area contributed by atoms with Crippen LogP contribution in [-0.2, 0) is 20.8 Å². The van der Waals surface area contributed by atoms with Gasteiger partial charge in [-0.3, -0.25) is 0 Å². The van der Waals surface area contributed by atoms with Crippen LogP contribution in [0.1, 0.15) is 62.9 Å². The normalized spacial score (nSPS) is 20.5. The maximum atomic E-state index is 11.4. The van der Waals surface area contributed by atoms with E-state index in [1.54, 1.807) is 0 Å². The van der Waals surface area contributed by atoms with E-state index in [0.717, 1.165) is 50.4 Å². The zero-order valence-electron chi connectivity index (χ0n) is 18.1. The standard InChI is InChI=1S/C13H16O3.C12H16O2/c1-9-7-10(13(14)15-2)3-4-12(9)11-5-6-16-8-11;1-9-6-10(7-13)2-3-12(9)11-4-5-14-8-11/h3-4,7,11H,5-6,8H2,1-2H3;2-3,6,11,13H,4-5,7-8H2,1H3. The van der Waals surface area contributed by atoms with Crippen molar-refractivity contribution in [2.75, 3.05) is 33.5 Å². The van der Waals surface area contributed by atoms with Crippen LogP contribution in [0.5, 0.6) is 0 Å². The van der Waals surface area contributed by atoms with E-state index in [0.29, 0.717) is 17.4 Å². The van der Waals surface area contributed by atoms with Crippen LogP contribution in [0.25, 0.3) is 0 Å². The molecule has 30 heavy (non-hydrogen) atoms. The second-order valence-electron chi connectivity index (χ2n) is 8.03. The molecule has 0 bridgehead atoms. The van der Waals surface area contributed by atoms with Gasteiger partial charge in [0.15, 0.2) is 0 Å². The van der Waals surface area contributed by atoms with Crippen LogP contribution < -0.4 is 0 Å². The molecular weight excluding hydrogens is 380 g/mol. The van der Waals surface area contributed by atoms with Gasteiger partial charge in [-0.25, -0.2) is 4.79 Å². The largest absolute Gasteiger partial charge is 0.465 e. The molecule has 2 atom stereocenters. The van der Waals surface area contributed by atoms with Crippen LogP contribution in [0.2, 0.25) is 0 Å². The van der Waals surface area contributed by atoms with E-state index in [1.807, 2.05) is 31.2 Å². The fraction of sp³-hybridized carbons (Fsp3) is 0.480. The molecule has 2 aliphatic rings. The zero-order chi connectivity index (χ0) is 21.5. The van der Waals surface area contributed by atoms with Crippen molar-refractivity contribution in [3.63, 3.8) is 0 Å². The van der Waals surface area contributed by atoms with Crippen LogP contribution in [0.4, 0.5) is 0 Å². The summed E-state index contributed by atoms with van der Waals surface area (Å²) in [6.07, 6.45) is 2.19. The summed E-state index contributed by atoms with van der Waals surface area (Å²) >= 11 is 0. The Morgan fingerprint density at radius 2 is 1.53 bits per heavy atom. The molecule has 2 aromatic rings. The molecule has 0 spiro atoms. The van der Waals surface area contributed by atoms with E-state index in [9.17, 15) is 4.79 Å². The van der Waals surface area contributed by atoms with Gasteiger partial charge in [0.1, 0.15) is 0 Å². The highest BCUT2D eigenvalue weighted by Crippen LogP contribution is 2.29. The number of esters is 1. The highest BCUT2D eigenvalue weighted by molar-refractivity contribution is 5.89. The van der Waals surface area contributed by atoms with Crippen LogP contribution in [0.15, 0.2) is 36.4 Å². The molecule has 1 N–H and O–H groups in total. The molecular formula is C25H32O5. The lowest BCUT2D eigenvalue weighted by atomic mass is 9.93. The predicted octanol–water partition coefficient (Wildman–Crippen LogP) is 4.28. The molecule has 2 aromatic carbocycles. The molecule has 0 aromatic heterocycles. The third-order valence-corrected chi connectivity index (χ3v) is 5.95. The van der Waals surface area contributed by atoms with E-state index >= 15 is 0 Å². The van der Waals surface area contributed by atoms with E-state index < -0.39 is 0 Å². The Morgan fingerprint density at radius 3 is 1.97 bits per heavy atom. The molecule has 5 heteroatoms. The van der Waals surface area contributed by atoms with Gasteiger partial charge < -0.3 is 19.3 Å². The second kappa shape index (κ2) is 10.7. The Balaban J connectivity index is 0.000000172. The Labute approximate surface area is 179 Å². The number of aryl methyl sites for hydroxylation is 2. The minimum Gasteiger partial charge on any atom is -0.465 e. The van der Waals surface area contributed by atoms with Gasteiger partial charge in [0.2, 0.25) is 0 Å². The minimum absolute atomic E-state index is 0.127. The molecule has 162 valence electrons. The third-order valence-electron chi connectivity index (χ3n) is 5.95. The van der Waals surface area contributed by atoms with Crippen molar-refractivity contribution >= 4 is 5.97 Å². The molecule has 0 saturated carbocycles. The molecule has 4 rings (SSSR count). The zero-order valence-corrected chi connectivity index (χ0v) is 18.1. The second-order valence-corrected chi connectivity index (χ2v) is 8.03. The number of methoxy groups -OCH3 is 1. The van der Waals surface area contributed by atoms with Crippen molar-refractivity contribution < 1.29 is 24.1 Å². The first kappa shape index (κ1) is 22.5. The lowest BCUT2D eigenvalue weighted by Gasteiger charge is -2.12. The summed E-state index contributed by atoms with van der Waals surface area (Å²) in [6, 6.07) is 11.9. The number of aliphatic hydroxyl groups is 1. The quantitative estimate of drug-likeness (QED) is 0.760. The number of ether oxygens (including phenoxy) is 3. The van der Waals surface area contributed by atoms with E-state index in [2.05, 4.69) is 19.1 Å². The molecule has 0 amide bonds. The number of benzene rings is 2. The van der Waals surface area contributed by atoms with Gasteiger partial charge in [-0.2, -0.15) is 0 Å². The fourth-order valence-corrected chi connectivity index (χ4v) is 4.23. The summed E-state index contributed by atoms with van der Waals surface area (Å²) in [6.45, 7) is 7.61. The van der Waals surface area contributed by atoms with Crippen LogP contribution in [0.3, 0.4) is 0 Å². The van der Waals surface area contributed by atoms with Crippen LogP contribution >= 0.6 is 0 Å². The molecule has 2 heterocycles. The third kappa shape index (κ3) is 5.48. The SMILES string of the molecule is COC(=O)c1ccc(C2CCOC2)c(C)c1.Cc1cc(CO)ccc1C1CCOC1. The van der Waals surface area contributed by atoms with Crippen LogP contribution in [0, 0.1) is 13.8 Å². The fourth-order valence-electron chi connectivity index (χ4n) is 4.23. The summed E-state index contributed by atoms with van der Waals surface area (Å²) in [7, 11) is 1.40. The van der Waals surface area contributed by atoms with Gasteiger partial charge in [-0.05, 0) is 66.6 Å². The van der Waals surface area contributed by atoms with Crippen molar-refractivity contribution in [1.29, 1.82) is 0 Å². The van der Waals surface area contributed by atoms with Gasteiger partial charge in [0.05, 0.1) is 32.5 Å². The lowest BCUT2D eigenvalue weighted by Crippen LogP contribution is -2.05. The van der Waals surface area contributed by atoms with Crippen molar-refractivity contribution in [2.24, 2.45) is 0 Å². The maximum absolute atomic E-state index is 11.4. The monoisotopic (exact) mass is 412 g/mol. The first-order chi connectivity index (χ1) is 14.5. The minimum atomic E-state index is -0.280. The number of carbonyl (C=O) groups is 1. The van der Waals surface area contributed by atoms with Gasteiger partial charge in [0, 0.05) is 25.0 Å². The Morgan fingerprint density at radius 1 is 0.967 bits per heavy atom. The first-order valence-electron chi connectivity index (χ1n) is 10.6. The highest BCUT2D eigenvalue weighted by Gasteiger charge is 2.20. The molecule has 2 fully saturated rings. The lowest BCUT2D eigenvalue weighted by molar-refractivity contribution is 0.0600.